The molecule has 0 unspecified atom stereocenters. The Balaban J connectivity index is 1.70. The van der Waals surface area contributed by atoms with Crippen molar-refractivity contribution in [3.05, 3.63) is 59.7 Å². The van der Waals surface area contributed by atoms with Crippen molar-refractivity contribution in [2.75, 3.05) is 26.2 Å². The molecule has 1 aliphatic heterocycles. The molecular formula is C25H34N4O4S. The monoisotopic (exact) mass is 486 g/mol. The molecular weight excluding hydrogens is 452 g/mol. The van der Waals surface area contributed by atoms with Crippen LogP contribution >= 0.6 is 0 Å². The van der Waals surface area contributed by atoms with E-state index < -0.39 is 16.1 Å². The van der Waals surface area contributed by atoms with Gasteiger partial charge in [-0.05, 0) is 37.2 Å². The predicted octanol–water partition coefficient (Wildman–Crippen LogP) is 2.79. The summed E-state index contributed by atoms with van der Waals surface area (Å²) in [5.74, 6) is 0.527. The highest BCUT2D eigenvalue weighted by Crippen LogP contribution is 2.24. The van der Waals surface area contributed by atoms with Gasteiger partial charge in [0.05, 0.1) is 4.90 Å². The van der Waals surface area contributed by atoms with E-state index in [1.165, 1.54) is 6.07 Å². The molecule has 2 aromatic rings. The van der Waals surface area contributed by atoms with Crippen LogP contribution in [0.25, 0.3) is 0 Å². The van der Waals surface area contributed by atoms with Crippen molar-refractivity contribution in [1.82, 2.24) is 14.9 Å². The van der Waals surface area contributed by atoms with Crippen LogP contribution in [0.3, 0.4) is 0 Å². The van der Waals surface area contributed by atoms with Gasteiger partial charge < -0.3 is 15.0 Å². The van der Waals surface area contributed by atoms with E-state index in [0.29, 0.717) is 12.2 Å². The molecule has 1 amide bonds. The van der Waals surface area contributed by atoms with Gasteiger partial charge in [-0.3, -0.25) is 14.5 Å². The zero-order valence-electron chi connectivity index (χ0n) is 20.2. The van der Waals surface area contributed by atoms with E-state index in [4.69, 9.17) is 4.74 Å². The van der Waals surface area contributed by atoms with E-state index >= 15 is 0 Å². The number of nitrogens with one attached hydrogen (secondary N) is 2. The fourth-order valence-corrected chi connectivity index (χ4v) is 5.02. The number of likely N-dealkylation sites (N-methyl/N-ethyl adjacent to an activating group) is 1. The van der Waals surface area contributed by atoms with E-state index in [9.17, 15) is 13.2 Å². The molecule has 2 aromatic carbocycles. The summed E-state index contributed by atoms with van der Waals surface area (Å²) in [4.78, 5) is 20.0. The Morgan fingerprint density at radius 1 is 1.09 bits per heavy atom. The normalized spacial score (nSPS) is 16.4. The first-order chi connectivity index (χ1) is 16.3. The van der Waals surface area contributed by atoms with Crippen molar-refractivity contribution < 1.29 is 17.9 Å². The first-order valence-electron chi connectivity index (χ1n) is 11.7. The van der Waals surface area contributed by atoms with Crippen LogP contribution in [0.1, 0.15) is 38.8 Å². The maximum absolute atomic E-state index is 13.1. The molecule has 3 rings (SSSR count). The molecule has 0 radical (unpaired) electrons. The number of hydrogen-bond donors (Lipinski definition) is 2. The molecule has 8 nitrogen and oxygen atoms in total. The molecule has 1 heterocycles. The first kappa shape index (κ1) is 25.7. The second-order valence-electron chi connectivity index (χ2n) is 8.47. The van der Waals surface area contributed by atoms with Crippen molar-refractivity contribution in [3.8, 4) is 5.75 Å². The highest BCUT2D eigenvalue weighted by atomic mass is 32.2. The number of ether oxygens (including phenoxy) is 1. The van der Waals surface area contributed by atoms with Gasteiger partial charge in [-0.25, -0.2) is 8.42 Å². The second kappa shape index (κ2) is 11.5. The maximum atomic E-state index is 13.1. The van der Waals surface area contributed by atoms with Crippen LogP contribution in [-0.4, -0.2) is 57.3 Å². The zero-order chi connectivity index (χ0) is 24.7. The molecule has 0 aromatic heterocycles. The molecule has 0 fully saturated rings. The van der Waals surface area contributed by atoms with E-state index in [0.717, 1.165) is 30.9 Å². The standard InChI is InChI=1S/C25H34N4O4S/c1-5-29(6-2)15-16-33-21-13-9-7-11-19(21)17-26-25(30)23(18(3)4)27-24-20-12-8-10-14-22(20)34(31,32)28-24/h7-14,18,23H,5-6,15-17H2,1-4H3,(H,26,30)(H,27,28)/t23-/m0/s1. The highest BCUT2D eigenvalue weighted by Gasteiger charge is 2.32. The maximum Gasteiger partial charge on any atom is 0.263 e. The van der Waals surface area contributed by atoms with Crippen LogP contribution in [0, 0.1) is 5.92 Å². The number of sulfonamides is 1. The molecule has 1 atom stereocenters. The predicted molar refractivity (Wildman–Crippen MR) is 133 cm³/mol. The van der Waals surface area contributed by atoms with Crippen LogP contribution in [0.2, 0.25) is 0 Å². The molecule has 0 spiro atoms. The number of benzene rings is 2. The zero-order valence-corrected chi connectivity index (χ0v) is 21.1. The summed E-state index contributed by atoms with van der Waals surface area (Å²) in [6, 6.07) is 13.5. The molecule has 0 saturated heterocycles. The summed E-state index contributed by atoms with van der Waals surface area (Å²) in [5.41, 5.74) is 1.35. The lowest BCUT2D eigenvalue weighted by Crippen LogP contribution is -2.38. The summed E-state index contributed by atoms with van der Waals surface area (Å²) in [6.07, 6.45) is 0. The molecule has 2 N–H and O–H groups in total. The summed E-state index contributed by atoms with van der Waals surface area (Å²) in [5, 5.41) is 2.95. The van der Waals surface area contributed by atoms with Crippen LogP contribution in [0.4, 0.5) is 0 Å². The molecule has 34 heavy (non-hydrogen) atoms. The third kappa shape index (κ3) is 6.15. The van der Waals surface area contributed by atoms with Gasteiger partial charge in [0.2, 0.25) is 5.91 Å². The quantitative estimate of drug-likeness (QED) is 0.509. The van der Waals surface area contributed by atoms with Crippen molar-refractivity contribution in [1.29, 1.82) is 0 Å². The summed E-state index contributed by atoms with van der Waals surface area (Å²) in [6.45, 7) is 11.6. The van der Waals surface area contributed by atoms with Crippen LogP contribution in [-0.2, 0) is 21.4 Å². The average Bonchev–Trinajstić information content (AvgIpc) is 3.09. The fraction of sp³-hybridized carbons (Fsp3) is 0.440. The smallest absolute Gasteiger partial charge is 0.263 e. The van der Waals surface area contributed by atoms with Crippen LogP contribution in [0.15, 0.2) is 58.4 Å². The van der Waals surface area contributed by atoms with Gasteiger partial charge in [0, 0.05) is 24.2 Å². The minimum absolute atomic E-state index is 0.134. The van der Waals surface area contributed by atoms with Gasteiger partial charge in [-0.1, -0.05) is 58.0 Å². The summed E-state index contributed by atoms with van der Waals surface area (Å²) in [7, 11) is -3.66. The van der Waals surface area contributed by atoms with Crippen LogP contribution < -0.4 is 14.8 Å². The number of amidine groups is 1. The largest absolute Gasteiger partial charge is 0.492 e. The number of fused-ring (bicyclic) bond motifs is 1. The number of carbonyl (C=O) groups is 1. The fourth-order valence-electron chi connectivity index (χ4n) is 3.78. The summed E-state index contributed by atoms with van der Waals surface area (Å²) < 4.78 is 33.2. The van der Waals surface area contributed by atoms with Gasteiger partial charge >= 0.3 is 0 Å². The van der Waals surface area contributed by atoms with Crippen LogP contribution in [0.5, 0.6) is 5.75 Å². The van der Waals surface area contributed by atoms with Gasteiger partial charge in [0.1, 0.15) is 24.2 Å². The van der Waals surface area contributed by atoms with Gasteiger partial charge in [-0.15, -0.1) is 0 Å². The molecule has 0 saturated carbocycles. The lowest BCUT2D eigenvalue weighted by molar-refractivity contribution is -0.123. The third-order valence-corrected chi connectivity index (χ3v) is 7.21. The third-order valence-electron chi connectivity index (χ3n) is 5.82. The molecule has 184 valence electrons. The van der Waals surface area contributed by atoms with E-state index in [1.807, 2.05) is 38.1 Å². The molecule has 9 heteroatoms. The van der Waals surface area contributed by atoms with E-state index in [2.05, 4.69) is 33.8 Å². The van der Waals surface area contributed by atoms with E-state index in [1.54, 1.807) is 18.2 Å². The molecule has 0 bridgehead atoms. The van der Waals surface area contributed by atoms with E-state index in [-0.39, 0.29) is 29.1 Å². The minimum atomic E-state index is -3.66. The Morgan fingerprint density at radius 3 is 2.47 bits per heavy atom. The van der Waals surface area contributed by atoms with Gasteiger partial charge in [-0.2, -0.15) is 0 Å². The average molecular weight is 487 g/mol. The Bertz CT molecular complexity index is 1130. The summed E-state index contributed by atoms with van der Waals surface area (Å²) >= 11 is 0. The van der Waals surface area contributed by atoms with Crippen molar-refractivity contribution in [2.45, 2.75) is 45.2 Å². The number of nitrogens with zero attached hydrogens (tertiary/aromatic N) is 2. The number of para-hydroxylation sites is 1. The lowest BCUT2D eigenvalue weighted by atomic mass is 10.0. The number of rotatable bonds is 11. The van der Waals surface area contributed by atoms with Crippen molar-refractivity contribution in [2.24, 2.45) is 10.9 Å². The second-order valence-corrected chi connectivity index (χ2v) is 10.1. The minimum Gasteiger partial charge on any atom is -0.492 e. The Morgan fingerprint density at radius 2 is 1.76 bits per heavy atom. The number of carbonyl (C=O) groups excluding carboxylic acids is 1. The Labute approximate surface area is 202 Å². The Kier molecular flexibility index (Phi) is 8.68. The van der Waals surface area contributed by atoms with Crippen molar-refractivity contribution in [3.63, 3.8) is 0 Å². The SMILES string of the molecule is CCN(CC)CCOc1ccccc1CNC(=O)[C@@H](N=C1NS(=O)(=O)c2ccccc21)C(C)C. The lowest BCUT2D eigenvalue weighted by Gasteiger charge is -2.20. The topological polar surface area (TPSA) is 100 Å². The molecule has 1 aliphatic rings. The number of hydrogen-bond acceptors (Lipinski definition) is 6. The van der Waals surface area contributed by atoms with Gasteiger partial charge in [0.25, 0.3) is 10.0 Å². The van der Waals surface area contributed by atoms with Crippen molar-refractivity contribution >= 4 is 21.8 Å². The highest BCUT2D eigenvalue weighted by molar-refractivity contribution is 7.90. The number of aliphatic imine (C=N–C) groups is 1. The Hall–Kier alpha value is -2.91. The molecule has 0 aliphatic carbocycles. The van der Waals surface area contributed by atoms with Gasteiger partial charge in [0.15, 0.2) is 0 Å². The number of amides is 1. The first-order valence-corrected chi connectivity index (χ1v) is 13.2.